The molecule has 2 aromatic rings. The largest absolute Gasteiger partial charge is 0.501 e. The monoisotopic (exact) mass is 622 g/mol. The number of hydrogen-bond acceptors (Lipinski definition) is 6. The zero-order chi connectivity index (χ0) is 26.3. The fourth-order valence-electron chi connectivity index (χ4n) is 5.89. The number of fused-ring (bicyclic) bond motifs is 3. The second kappa shape index (κ2) is 10.4. The minimum Gasteiger partial charge on any atom is -0.501 e. The van der Waals surface area contributed by atoms with Gasteiger partial charge >= 0.3 is 0 Å². The molecule has 6 nitrogen and oxygen atoms in total. The minimum atomic E-state index is -1.76. The highest BCUT2D eigenvalue weighted by atomic mass is 79.9. The number of methoxy groups -OCH3 is 3. The van der Waals surface area contributed by atoms with Crippen molar-refractivity contribution in [2.45, 2.75) is 49.9 Å². The van der Waals surface area contributed by atoms with Crippen LogP contribution >= 0.6 is 31.9 Å². The zero-order valence-corrected chi connectivity index (χ0v) is 24.2. The van der Waals surface area contributed by atoms with Crippen LogP contribution in [0.5, 0.6) is 17.2 Å². The third-order valence-corrected chi connectivity index (χ3v) is 9.01. The van der Waals surface area contributed by atoms with Gasteiger partial charge < -0.3 is 29.2 Å². The van der Waals surface area contributed by atoms with Crippen molar-refractivity contribution in [2.75, 3.05) is 21.3 Å². The maximum atomic E-state index is 12.6. The lowest BCUT2D eigenvalue weighted by Gasteiger charge is -2.43. The number of rotatable bonds is 8. The number of allylic oxidation sites excluding steroid dienone is 2. The quantitative estimate of drug-likeness (QED) is 0.268. The summed E-state index contributed by atoms with van der Waals surface area (Å²) in [4.78, 5) is 0. The Bertz CT molecular complexity index is 1180. The van der Waals surface area contributed by atoms with Gasteiger partial charge in [0.05, 0.1) is 38.8 Å². The molecule has 1 saturated carbocycles. The number of ether oxygens (including phenoxy) is 4. The molecule has 1 aliphatic carbocycles. The Kier molecular flexibility index (Phi) is 7.81. The SMILES string of the molecule is C/C=C(\C/C=C\C(C)C12Oc3c(Br)c(OC)c(Br)c(OC)c3C1(O)C(O)CC2c1ccccc1)OC. The van der Waals surface area contributed by atoms with Crippen molar-refractivity contribution in [1.29, 1.82) is 0 Å². The van der Waals surface area contributed by atoms with Crippen LogP contribution in [0.15, 0.2) is 63.3 Å². The van der Waals surface area contributed by atoms with Crippen LogP contribution in [-0.2, 0) is 10.3 Å². The number of hydrogen-bond donors (Lipinski definition) is 2. The van der Waals surface area contributed by atoms with Crippen molar-refractivity contribution in [1.82, 2.24) is 0 Å². The number of halogens is 2. The maximum absolute atomic E-state index is 12.6. The molecule has 1 fully saturated rings. The van der Waals surface area contributed by atoms with Gasteiger partial charge in [-0.1, -0.05) is 49.4 Å². The second-order valence-electron chi connectivity index (χ2n) is 9.15. The lowest BCUT2D eigenvalue weighted by molar-refractivity contribution is -0.159. The first kappa shape index (κ1) is 27.0. The van der Waals surface area contributed by atoms with E-state index in [2.05, 4.69) is 31.9 Å². The van der Waals surface area contributed by atoms with Crippen molar-refractivity contribution < 1.29 is 29.2 Å². The number of aliphatic hydroxyl groups is 2. The molecule has 2 N–H and O–H groups in total. The van der Waals surface area contributed by atoms with E-state index in [-0.39, 0.29) is 11.8 Å². The summed E-state index contributed by atoms with van der Waals surface area (Å²) in [7, 11) is 4.73. The van der Waals surface area contributed by atoms with E-state index in [0.29, 0.717) is 44.6 Å². The smallest absolute Gasteiger partial charge is 0.163 e. The van der Waals surface area contributed by atoms with Gasteiger partial charge in [-0.15, -0.1) is 0 Å². The van der Waals surface area contributed by atoms with Gasteiger partial charge in [-0.05, 0) is 56.8 Å². The van der Waals surface area contributed by atoms with E-state index in [1.807, 2.05) is 62.4 Å². The Morgan fingerprint density at radius 1 is 1.14 bits per heavy atom. The van der Waals surface area contributed by atoms with E-state index in [1.54, 1.807) is 14.2 Å². The molecule has 36 heavy (non-hydrogen) atoms. The molecule has 4 rings (SSSR count). The van der Waals surface area contributed by atoms with Gasteiger partial charge in [-0.2, -0.15) is 0 Å². The molecule has 0 amide bonds. The number of benzene rings is 2. The Hall–Kier alpha value is -2.00. The Balaban J connectivity index is 1.96. The minimum absolute atomic E-state index is 0.310. The third kappa shape index (κ3) is 3.80. The molecule has 0 bridgehead atoms. The van der Waals surface area contributed by atoms with E-state index in [1.165, 1.54) is 7.11 Å². The topological polar surface area (TPSA) is 77.4 Å². The Labute approximate surface area is 229 Å². The summed E-state index contributed by atoms with van der Waals surface area (Å²) in [5.41, 5.74) is -1.61. The lowest BCUT2D eigenvalue weighted by atomic mass is 9.68. The van der Waals surface area contributed by atoms with Gasteiger partial charge in [-0.3, -0.25) is 0 Å². The molecule has 1 aliphatic heterocycles. The van der Waals surface area contributed by atoms with Gasteiger partial charge in [0.15, 0.2) is 17.0 Å². The van der Waals surface area contributed by atoms with Crippen LogP contribution in [-0.4, -0.2) is 43.2 Å². The number of aliphatic hydroxyl groups excluding tert-OH is 1. The summed E-state index contributed by atoms with van der Waals surface area (Å²) in [5, 5.41) is 24.2. The lowest BCUT2D eigenvalue weighted by Crippen LogP contribution is -2.58. The summed E-state index contributed by atoms with van der Waals surface area (Å²) < 4.78 is 24.7. The van der Waals surface area contributed by atoms with Crippen LogP contribution in [0.25, 0.3) is 0 Å². The molecule has 0 saturated heterocycles. The molecule has 0 aromatic heterocycles. The molecule has 2 aromatic carbocycles. The Morgan fingerprint density at radius 2 is 1.81 bits per heavy atom. The molecule has 0 radical (unpaired) electrons. The molecule has 8 heteroatoms. The standard InChI is InChI=1S/C28H32Br2O6/c1-6-18(33-3)14-10-11-16(2)28-19(17-12-8-7-9-13-17)15-20(31)27(28,32)21-24(34-4)22(29)26(35-5)23(30)25(21)36-28/h6-13,16,19-20,31-32H,14-15H2,1-5H3/b11-10-,18-6+. The Morgan fingerprint density at radius 3 is 2.39 bits per heavy atom. The van der Waals surface area contributed by atoms with Crippen molar-refractivity contribution in [3.8, 4) is 17.2 Å². The maximum Gasteiger partial charge on any atom is 0.163 e. The molecular formula is C28H32Br2O6. The highest BCUT2D eigenvalue weighted by molar-refractivity contribution is 9.11. The summed E-state index contributed by atoms with van der Waals surface area (Å²) in [6.07, 6.45) is 5.78. The predicted molar refractivity (Wildman–Crippen MR) is 146 cm³/mol. The predicted octanol–water partition coefficient (Wildman–Crippen LogP) is 6.23. The molecule has 5 unspecified atom stereocenters. The molecular weight excluding hydrogens is 592 g/mol. The van der Waals surface area contributed by atoms with E-state index in [9.17, 15) is 10.2 Å². The average molecular weight is 624 g/mol. The van der Waals surface area contributed by atoms with Crippen molar-refractivity contribution in [3.05, 3.63) is 74.4 Å². The van der Waals surface area contributed by atoms with Crippen LogP contribution in [0.4, 0.5) is 0 Å². The summed E-state index contributed by atoms with van der Waals surface area (Å²) in [6, 6.07) is 9.90. The van der Waals surface area contributed by atoms with Crippen molar-refractivity contribution in [3.63, 3.8) is 0 Å². The molecule has 2 aliphatic rings. The van der Waals surface area contributed by atoms with Gasteiger partial charge in [-0.25, -0.2) is 0 Å². The highest BCUT2D eigenvalue weighted by Crippen LogP contribution is 2.69. The van der Waals surface area contributed by atoms with Crippen LogP contribution in [0.3, 0.4) is 0 Å². The summed E-state index contributed by atoms with van der Waals surface area (Å²) in [5.74, 6) is 1.47. The van der Waals surface area contributed by atoms with Crippen LogP contribution < -0.4 is 14.2 Å². The van der Waals surface area contributed by atoms with E-state index in [0.717, 1.165) is 11.3 Å². The first-order valence-electron chi connectivity index (χ1n) is 11.9. The molecule has 194 valence electrons. The molecule has 1 heterocycles. The van der Waals surface area contributed by atoms with E-state index < -0.39 is 17.3 Å². The third-order valence-electron chi connectivity index (χ3n) is 7.57. The van der Waals surface area contributed by atoms with E-state index in [4.69, 9.17) is 18.9 Å². The van der Waals surface area contributed by atoms with E-state index >= 15 is 0 Å². The van der Waals surface area contributed by atoms with Crippen molar-refractivity contribution >= 4 is 31.9 Å². The first-order valence-corrected chi connectivity index (χ1v) is 13.4. The summed E-state index contributed by atoms with van der Waals surface area (Å²) in [6.45, 7) is 3.94. The second-order valence-corrected chi connectivity index (χ2v) is 10.7. The van der Waals surface area contributed by atoms with Gasteiger partial charge in [0.1, 0.15) is 20.4 Å². The van der Waals surface area contributed by atoms with Gasteiger partial charge in [0.2, 0.25) is 0 Å². The fourth-order valence-corrected chi connectivity index (χ4v) is 7.52. The molecule has 0 spiro atoms. The highest BCUT2D eigenvalue weighted by Gasteiger charge is 2.74. The molecule has 5 atom stereocenters. The normalized spacial score (nSPS) is 28.0. The van der Waals surface area contributed by atoms with Crippen LogP contribution in [0.1, 0.15) is 43.7 Å². The van der Waals surface area contributed by atoms with Gasteiger partial charge in [0.25, 0.3) is 0 Å². The fraction of sp³-hybridized carbons (Fsp3) is 0.429. The van der Waals surface area contributed by atoms with Crippen LogP contribution in [0, 0.1) is 5.92 Å². The summed E-state index contributed by atoms with van der Waals surface area (Å²) >= 11 is 7.20. The van der Waals surface area contributed by atoms with Crippen LogP contribution in [0.2, 0.25) is 0 Å². The van der Waals surface area contributed by atoms with Gasteiger partial charge in [0, 0.05) is 18.3 Å². The first-order chi connectivity index (χ1) is 17.2. The van der Waals surface area contributed by atoms with Crippen molar-refractivity contribution in [2.24, 2.45) is 5.92 Å². The zero-order valence-electron chi connectivity index (χ0n) is 21.0. The average Bonchev–Trinajstić information content (AvgIpc) is 3.29.